The fourth-order valence-corrected chi connectivity index (χ4v) is 2.23. The van der Waals surface area contributed by atoms with Gasteiger partial charge in [0.05, 0.1) is 0 Å². The summed E-state index contributed by atoms with van der Waals surface area (Å²) in [6.45, 7) is 2.21. The van der Waals surface area contributed by atoms with Gasteiger partial charge < -0.3 is 0 Å². The molecule has 4 nitrogen and oxygen atoms in total. The van der Waals surface area contributed by atoms with Crippen molar-refractivity contribution in [3.05, 3.63) is 3.95 Å². The Balaban J connectivity index is 1.93. The van der Waals surface area contributed by atoms with Crippen molar-refractivity contribution in [2.75, 3.05) is 18.5 Å². The topological polar surface area (TPSA) is 44.0 Å². The first-order valence-corrected chi connectivity index (χ1v) is 5.64. The van der Waals surface area contributed by atoms with Crippen molar-refractivity contribution in [2.24, 2.45) is 0 Å². The molecule has 0 spiro atoms. The van der Waals surface area contributed by atoms with E-state index >= 15 is 0 Å². The molecule has 2 heterocycles. The van der Waals surface area contributed by atoms with Crippen LogP contribution >= 0.6 is 23.6 Å². The standard InChI is InChI=1S/C7H12N4S2/c12-7-9-8-6(13-7)10-11-4-2-1-3-5-11/h1-5H2,(H,8,10)(H,9,12). The van der Waals surface area contributed by atoms with E-state index in [9.17, 15) is 0 Å². The lowest BCUT2D eigenvalue weighted by Crippen LogP contribution is -2.34. The molecule has 0 bridgehead atoms. The molecule has 0 aromatic carbocycles. The molecule has 1 aromatic heterocycles. The second-order valence-corrected chi connectivity index (χ2v) is 4.74. The van der Waals surface area contributed by atoms with Crippen molar-refractivity contribution in [1.82, 2.24) is 15.2 Å². The van der Waals surface area contributed by atoms with Gasteiger partial charge in [0.1, 0.15) is 0 Å². The second-order valence-electron chi connectivity index (χ2n) is 3.08. The van der Waals surface area contributed by atoms with Crippen LogP contribution in [0.4, 0.5) is 5.13 Å². The molecule has 1 aromatic rings. The molecule has 1 fully saturated rings. The van der Waals surface area contributed by atoms with Crippen LogP contribution in [0.1, 0.15) is 19.3 Å². The van der Waals surface area contributed by atoms with Crippen LogP contribution in [0.25, 0.3) is 0 Å². The van der Waals surface area contributed by atoms with Crippen LogP contribution in [0.5, 0.6) is 0 Å². The Morgan fingerprint density at radius 1 is 1.38 bits per heavy atom. The van der Waals surface area contributed by atoms with Gasteiger partial charge in [-0.25, -0.2) is 5.01 Å². The maximum absolute atomic E-state index is 4.94. The van der Waals surface area contributed by atoms with Gasteiger partial charge in [-0.15, -0.1) is 5.10 Å². The maximum atomic E-state index is 4.94. The molecule has 0 amide bonds. The van der Waals surface area contributed by atoms with E-state index in [0.29, 0.717) is 0 Å². The molecule has 1 saturated heterocycles. The van der Waals surface area contributed by atoms with Crippen molar-refractivity contribution in [3.8, 4) is 0 Å². The zero-order valence-corrected chi connectivity index (χ0v) is 8.88. The quantitative estimate of drug-likeness (QED) is 0.742. The Kier molecular flexibility index (Phi) is 2.92. The molecular weight excluding hydrogens is 204 g/mol. The van der Waals surface area contributed by atoms with Gasteiger partial charge in [0.25, 0.3) is 0 Å². The molecule has 13 heavy (non-hydrogen) atoms. The first-order valence-electron chi connectivity index (χ1n) is 4.42. The van der Waals surface area contributed by atoms with E-state index in [0.717, 1.165) is 22.2 Å². The molecular formula is C7H12N4S2. The summed E-state index contributed by atoms with van der Waals surface area (Å²) >= 11 is 6.42. The van der Waals surface area contributed by atoms with Gasteiger partial charge in [-0.05, 0) is 25.1 Å². The molecule has 0 atom stereocenters. The second kappa shape index (κ2) is 4.17. The normalized spacial score (nSPS) is 18.8. The van der Waals surface area contributed by atoms with E-state index in [1.54, 1.807) is 0 Å². The van der Waals surface area contributed by atoms with Crippen LogP contribution in [0, 0.1) is 3.95 Å². The Bertz CT molecular complexity index is 312. The van der Waals surface area contributed by atoms with E-state index in [-0.39, 0.29) is 0 Å². The number of nitrogens with zero attached hydrogens (tertiary/aromatic N) is 2. The van der Waals surface area contributed by atoms with Crippen molar-refractivity contribution in [3.63, 3.8) is 0 Å². The number of H-pyrrole nitrogens is 1. The van der Waals surface area contributed by atoms with Gasteiger partial charge in [0, 0.05) is 13.1 Å². The van der Waals surface area contributed by atoms with Crippen molar-refractivity contribution >= 4 is 28.7 Å². The lowest BCUT2D eigenvalue weighted by Gasteiger charge is -2.26. The van der Waals surface area contributed by atoms with E-state index in [1.807, 2.05) is 0 Å². The largest absolute Gasteiger partial charge is 0.293 e. The van der Waals surface area contributed by atoms with E-state index in [1.165, 1.54) is 30.6 Å². The summed E-state index contributed by atoms with van der Waals surface area (Å²) in [7, 11) is 0. The fraction of sp³-hybridized carbons (Fsp3) is 0.714. The van der Waals surface area contributed by atoms with E-state index < -0.39 is 0 Å². The number of nitrogens with one attached hydrogen (secondary N) is 2. The highest BCUT2D eigenvalue weighted by Gasteiger charge is 2.10. The highest BCUT2D eigenvalue weighted by atomic mass is 32.1. The summed E-state index contributed by atoms with van der Waals surface area (Å²) < 4.78 is 0.722. The third-order valence-corrected chi connectivity index (χ3v) is 3.04. The van der Waals surface area contributed by atoms with Gasteiger partial charge in [0.2, 0.25) is 5.13 Å². The first kappa shape index (κ1) is 9.11. The summed E-state index contributed by atoms with van der Waals surface area (Å²) in [5.74, 6) is 0. The van der Waals surface area contributed by atoms with Crippen LogP contribution in [-0.4, -0.2) is 28.3 Å². The van der Waals surface area contributed by atoms with E-state index in [4.69, 9.17) is 12.2 Å². The van der Waals surface area contributed by atoms with Crippen LogP contribution in [-0.2, 0) is 0 Å². The van der Waals surface area contributed by atoms with Crippen molar-refractivity contribution < 1.29 is 0 Å². The fourth-order valence-electron chi connectivity index (χ4n) is 1.42. The minimum Gasteiger partial charge on any atom is -0.293 e. The average molecular weight is 216 g/mol. The van der Waals surface area contributed by atoms with Crippen molar-refractivity contribution in [2.45, 2.75) is 19.3 Å². The molecule has 0 saturated carbocycles. The Labute approximate surface area is 85.9 Å². The predicted octanol–water partition coefficient (Wildman–Crippen LogP) is 2.01. The maximum Gasteiger partial charge on any atom is 0.218 e. The number of hydrogen-bond donors (Lipinski definition) is 2. The molecule has 0 radical (unpaired) electrons. The number of rotatable bonds is 2. The molecule has 72 valence electrons. The average Bonchev–Trinajstić information content (AvgIpc) is 2.53. The predicted molar refractivity (Wildman–Crippen MR) is 56.3 cm³/mol. The molecule has 1 aliphatic rings. The Hall–Kier alpha value is -0.460. The zero-order valence-electron chi connectivity index (χ0n) is 7.25. The van der Waals surface area contributed by atoms with Gasteiger partial charge in [0.15, 0.2) is 3.95 Å². The molecule has 0 aliphatic carbocycles. The summed E-state index contributed by atoms with van der Waals surface area (Å²) in [6.07, 6.45) is 3.88. The molecule has 2 N–H and O–H groups in total. The van der Waals surface area contributed by atoms with E-state index in [2.05, 4.69) is 20.6 Å². The summed E-state index contributed by atoms with van der Waals surface area (Å²) in [5, 5.41) is 9.87. The zero-order chi connectivity index (χ0) is 9.10. The lowest BCUT2D eigenvalue weighted by atomic mass is 10.2. The first-order chi connectivity index (χ1) is 6.34. The SMILES string of the molecule is S=c1[nH]nc(NN2CCCCC2)s1. The molecule has 0 unspecified atom stereocenters. The summed E-state index contributed by atoms with van der Waals surface area (Å²) in [4.78, 5) is 0. The molecule has 6 heteroatoms. The van der Waals surface area contributed by atoms with Gasteiger partial charge in [-0.3, -0.25) is 10.5 Å². The van der Waals surface area contributed by atoms with Gasteiger partial charge in [-0.2, -0.15) is 0 Å². The van der Waals surface area contributed by atoms with Crippen LogP contribution in [0.2, 0.25) is 0 Å². The lowest BCUT2D eigenvalue weighted by molar-refractivity contribution is 0.273. The smallest absolute Gasteiger partial charge is 0.218 e. The number of piperidine rings is 1. The minimum atomic E-state index is 0.722. The molecule has 1 aliphatic heterocycles. The third-order valence-electron chi connectivity index (χ3n) is 2.05. The van der Waals surface area contributed by atoms with Crippen LogP contribution < -0.4 is 5.43 Å². The highest BCUT2D eigenvalue weighted by Crippen LogP contribution is 2.14. The van der Waals surface area contributed by atoms with Crippen LogP contribution in [0.3, 0.4) is 0 Å². The monoisotopic (exact) mass is 216 g/mol. The number of aromatic nitrogens is 2. The third kappa shape index (κ3) is 2.49. The summed E-state index contributed by atoms with van der Waals surface area (Å²) in [5.41, 5.74) is 3.24. The van der Waals surface area contributed by atoms with Crippen molar-refractivity contribution in [1.29, 1.82) is 0 Å². The number of aromatic amines is 1. The Morgan fingerprint density at radius 3 is 2.77 bits per heavy atom. The van der Waals surface area contributed by atoms with Gasteiger partial charge >= 0.3 is 0 Å². The number of anilines is 1. The van der Waals surface area contributed by atoms with Gasteiger partial charge in [-0.1, -0.05) is 17.8 Å². The number of hydrazine groups is 1. The molecule has 2 rings (SSSR count). The highest BCUT2D eigenvalue weighted by molar-refractivity contribution is 7.73. The Morgan fingerprint density at radius 2 is 2.15 bits per heavy atom. The summed E-state index contributed by atoms with van der Waals surface area (Å²) in [6, 6.07) is 0. The minimum absolute atomic E-state index is 0.722. The number of hydrogen-bond acceptors (Lipinski definition) is 5. The van der Waals surface area contributed by atoms with Crippen LogP contribution in [0.15, 0.2) is 0 Å².